The van der Waals surface area contributed by atoms with E-state index in [9.17, 15) is 4.79 Å². The maximum atomic E-state index is 11.6. The SMILES string of the molecule is O=c1ccc(CO)cn1-c1ccccc1. The summed E-state index contributed by atoms with van der Waals surface area (Å²) in [5.41, 5.74) is 1.43. The molecule has 2 rings (SSSR count). The fourth-order valence-electron chi connectivity index (χ4n) is 1.42. The standard InChI is InChI=1S/C12H11NO2/c14-9-10-6-7-12(15)13(8-10)11-4-2-1-3-5-11/h1-8,14H,9H2. The third-order valence-corrected chi connectivity index (χ3v) is 2.19. The van der Waals surface area contributed by atoms with Gasteiger partial charge in [0.05, 0.1) is 6.61 Å². The Morgan fingerprint density at radius 2 is 1.80 bits per heavy atom. The number of benzene rings is 1. The highest BCUT2D eigenvalue weighted by atomic mass is 16.3. The summed E-state index contributed by atoms with van der Waals surface area (Å²) in [6.07, 6.45) is 1.65. The number of nitrogens with zero attached hydrogens (tertiary/aromatic N) is 1. The summed E-state index contributed by atoms with van der Waals surface area (Å²) in [6, 6.07) is 12.4. The zero-order chi connectivity index (χ0) is 10.7. The Morgan fingerprint density at radius 3 is 2.47 bits per heavy atom. The fraction of sp³-hybridized carbons (Fsp3) is 0.0833. The molecule has 1 heterocycles. The summed E-state index contributed by atoms with van der Waals surface area (Å²) >= 11 is 0. The highest BCUT2D eigenvalue weighted by Crippen LogP contribution is 2.05. The highest BCUT2D eigenvalue weighted by Gasteiger charge is 1.99. The van der Waals surface area contributed by atoms with Crippen molar-refractivity contribution in [1.29, 1.82) is 0 Å². The molecule has 1 aromatic carbocycles. The van der Waals surface area contributed by atoms with Gasteiger partial charge in [0.1, 0.15) is 0 Å². The van der Waals surface area contributed by atoms with Gasteiger partial charge in [-0.1, -0.05) is 18.2 Å². The second-order valence-corrected chi connectivity index (χ2v) is 3.24. The van der Waals surface area contributed by atoms with Crippen LogP contribution < -0.4 is 5.56 Å². The number of aliphatic hydroxyl groups excluding tert-OH is 1. The van der Waals surface area contributed by atoms with Gasteiger partial charge in [0.2, 0.25) is 0 Å². The lowest BCUT2D eigenvalue weighted by Crippen LogP contribution is -2.16. The Kier molecular flexibility index (Phi) is 2.65. The van der Waals surface area contributed by atoms with Crippen molar-refractivity contribution in [3.8, 4) is 5.69 Å². The second-order valence-electron chi connectivity index (χ2n) is 3.24. The largest absolute Gasteiger partial charge is 0.392 e. The van der Waals surface area contributed by atoms with E-state index in [0.717, 1.165) is 11.3 Å². The Labute approximate surface area is 87.2 Å². The van der Waals surface area contributed by atoms with Crippen LogP contribution in [0.5, 0.6) is 0 Å². The fourth-order valence-corrected chi connectivity index (χ4v) is 1.42. The summed E-state index contributed by atoms with van der Waals surface area (Å²) in [5, 5.41) is 8.98. The molecule has 0 saturated carbocycles. The van der Waals surface area contributed by atoms with Crippen molar-refractivity contribution in [2.45, 2.75) is 6.61 Å². The van der Waals surface area contributed by atoms with Gasteiger partial charge in [0.15, 0.2) is 0 Å². The van der Waals surface area contributed by atoms with E-state index < -0.39 is 0 Å². The minimum absolute atomic E-state index is 0.0624. The van der Waals surface area contributed by atoms with E-state index in [4.69, 9.17) is 5.11 Å². The molecule has 0 atom stereocenters. The lowest BCUT2D eigenvalue weighted by Gasteiger charge is -2.06. The van der Waals surface area contributed by atoms with Crippen LogP contribution in [0.4, 0.5) is 0 Å². The monoisotopic (exact) mass is 201 g/mol. The molecule has 0 amide bonds. The Hall–Kier alpha value is -1.87. The molecule has 3 heteroatoms. The molecule has 0 spiro atoms. The third kappa shape index (κ3) is 1.97. The molecular weight excluding hydrogens is 190 g/mol. The van der Waals surface area contributed by atoms with Crippen molar-refractivity contribution < 1.29 is 5.11 Å². The zero-order valence-electron chi connectivity index (χ0n) is 8.13. The first kappa shape index (κ1) is 9.68. The summed E-state index contributed by atoms with van der Waals surface area (Å²) < 4.78 is 1.52. The molecule has 0 aliphatic carbocycles. The maximum absolute atomic E-state index is 11.6. The average Bonchev–Trinajstić information content (AvgIpc) is 2.31. The zero-order valence-corrected chi connectivity index (χ0v) is 8.13. The molecule has 3 nitrogen and oxygen atoms in total. The number of aromatic nitrogens is 1. The lowest BCUT2D eigenvalue weighted by atomic mass is 10.2. The molecule has 1 aromatic heterocycles. The maximum Gasteiger partial charge on any atom is 0.255 e. The van der Waals surface area contributed by atoms with Crippen LogP contribution in [-0.4, -0.2) is 9.67 Å². The Morgan fingerprint density at radius 1 is 1.07 bits per heavy atom. The van der Waals surface area contributed by atoms with Crippen LogP contribution in [0.2, 0.25) is 0 Å². The van der Waals surface area contributed by atoms with Gasteiger partial charge in [-0.2, -0.15) is 0 Å². The van der Waals surface area contributed by atoms with Crippen molar-refractivity contribution in [3.63, 3.8) is 0 Å². The van der Waals surface area contributed by atoms with Crippen LogP contribution in [0.1, 0.15) is 5.56 Å². The van der Waals surface area contributed by atoms with E-state index in [1.54, 1.807) is 12.3 Å². The second kappa shape index (κ2) is 4.11. The van der Waals surface area contributed by atoms with Crippen LogP contribution >= 0.6 is 0 Å². The average molecular weight is 201 g/mol. The third-order valence-electron chi connectivity index (χ3n) is 2.19. The van der Waals surface area contributed by atoms with Crippen LogP contribution in [0.3, 0.4) is 0 Å². The first-order valence-corrected chi connectivity index (χ1v) is 4.69. The van der Waals surface area contributed by atoms with Gasteiger partial charge in [-0.3, -0.25) is 9.36 Å². The van der Waals surface area contributed by atoms with Gasteiger partial charge < -0.3 is 5.11 Å². The Bertz CT molecular complexity index is 503. The smallest absolute Gasteiger partial charge is 0.255 e. The van der Waals surface area contributed by atoms with Crippen molar-refractivity contribution in [2.24, 2.45) is 0 Å². The molecule has 1 N–H and O–H groups in total. The van der Waals surface area contributed by atoms with Gasteiger partial charge in [-0.25, -0.2) is 0 Å². The minimum atomic E-state index is -0.0987. The van der Waals surface area contributed by atoms with Gasteiger partial charge in [0, 0.05) is 18.0 Å². The van der Waals surface area contributed by atoms with Crippen LogP contribution in [0.25, 0.3) is 5.69 Å². The number of rotatable bonds is 2. The summed E-state index contributed by atoms with van der Waals surface area (Å²) in [5.74, 6) is 0. The van der Waals surface area contributed by atoms with Crippen molar-refractivity contribution >= 4 is 0 Å². The van der Waals surface area contributed by atoms with Crippen LogP contribution in [0, 0.1) is 0 Å². The normalized spacial score (nSPS) is 10.2. The summed E-state index contributed by atoms with van der Waals surface area (Å²) in [7, 11) is 0. The summed E-state index contributed by atoms with van der Waals surface area (Å²) in [4.78, 5) is 11.6. The van der Waals surface area contributed by atoms with Crippen LogP contribution in [-0.2, 0) is 6.61 Å². The molecule has 0 fully saturated rings. The van der Waals surface area contributed by atoms with E-state index in [1.165, 1.54) is 10.6 Å². The van der Waals surface area contributed by atoms with Crippen LogP contribution in [0.15, 0.2) is 53.5 Å². The van der Waals surface area contributed by atoms with E-state index in [-0.39, 0.29) is 12.2 Å². The molecule has 0 aliphatic rings. The van der Waals surface area contributed by atoms with E-state index >= 15 is 0 Å². The predicted octanol–water partition coefficient (Wildman–Crippen LogP) is 1.33. The lowest BCUT2D eigenvalue weighted by molar-refractivity contribution is 0.281. The molecule has 0 aliphatic heterocycles. The number of hydrogen-bond donors (Lipinski definition) is 1. The van der Waals surface area contributed by atoms with Gasteiger partial charge in [0.25, 0.3) is 5.56 Å². The molecule has 0 saturated heterocycles. The first-order valence-electron chi connectivity index (χ1n) is 4.69. The topological polar surface area (TPSA) is 42.2 Å². The predicted molar refractivity (Wildman–Crippen MR) is 58.0 cm³/mol. The number of aliphatic hydroxyl groups is 1. The highest BCUT2D eigenvalue weighted by molar-refractivity contribution is 5.32. The molecule has 0 radical (unpaired) electrons. The molecule has 0 unspecified atom stereocenters. The van der Waals surface area contributed by atoms with Crippen molar-refractivity contribution in [3.05, 3.63) is 64.6 Å². The molecular formula is C12H11NO2. The van der Waals surface area contributed by atoms with Gasteiger partial charge in [-0.05, 0) is 23.8 Å². The minimum Gasteiger partial charge on any atom is -0.392 e. The van der Waals surface area contributed by atoms with Gasteiger partial charge in [-0.15, -0.1) is 0 Å². The van der Waals surface area contributed by atoms with E-state index in [0.29, 0.717) is 0 Å². The van der Waals surface area contributed by atoms with Gasteiger partial charge >= 0.3 is 0 Å². The Balaban J connectivity index is 2.57. The number of hydrogen-bond acceptors (Lipinski definition) is 2. The molecule has 0 bridgehead atoms. The molecule has 2 aromatic rings. The summed E-state index contributed by atoms with van der Waals surface area (Å²) in [6.45, 7) is -0.0624. The van der Waals surface area contributed by atoms with E-state index in [2.05, 4.69) is 0 Å². The number of pyridine rings is 1. The molecule has 76 valence electrons. The van der Waals surface area contributed by atoms with Crippen molar-refractivity contribution in [1.82, 2.24) is 4.57 Å². The molecule has 15 heavy (non-hydrogen) atoms. The van der Waals surface area contributed by atoms with E-state index in [1.807, 2.05) is 30.3 Å². The van der Waals surface area contributed by atoms with Crippen molar-refractivity contribution in [2.75, 3.05) is 0 Å². The first-order chi connectivity index (χ1) is 7.31. The quantitative estimate of drug-likeness (QED) is 0.796. The number of para-hydroxylation sites is 1.